The van der Waals surface area contributed by atoms with Crippen LogP contribution in [-0.4, -0.2) is 29.6 Å². The molecule has 0 aliphatic carbocycles. The summed E-state index contributed by atoms with van der Waals surface area (Å²) in [4.78, 5) is 16.3. The number of nitrogens with one attached hydrogen (secondary N) is 1. The summed E-state index contributed by atoms with van der Waals surface area (Å²) in [6, 6.07) is 0. The number of hydrogen-bond donors (Lipinski definition) is 1. The summed E-state index contributed by atoms with van der Waals surface area (Å²) in [5.74, 6) is -1.07. The molecule has 1 aromatic rings. The van der Waals surface area contributed by atoms with Crippen molar-refractivity contribution in [1.82, 2.24) is 4.98 Å². The van der Waals surface area contributed by atoms with Crippen LogP contribution in [0.25, 0.3) is 0 Å². The van der Waals surface area contributed by atoms with E-state index in [1.807, 2.05) is 5.38 Å². The van der Waals surface area contributed by atoms with Crippen LogP contribution < -0.4 is 10.0 Å². The lowest BCUT2D eigenvalue weighted by molar-refractivity contribution is -0.944. The molecule has 0 saturated carbocycles. The number of hydrogen-bond acceptors (Lipinski definition) is 4. The molecule has 0 amide bonds. The highest BCUT2D eigenvalue weighted by atomic mass is 32.1. The predicted octanol–water partition coefficient (Wildman–Crippen LogP) is -0.319. The van der Waals surface area contributed by atoms with E-state index in [0.29, 0.717) is 5.69 Å². The minimum absolute atomic E-state index is 0.0832. The van der Waals surface area contributed by atoms with Gasteiger partial charge < -0.3 is 14.8 Å². The molecule has 0 aliphatic rings. The third kappa shape index (κ3) is 4.74. The SMILES string of the molecule is CC[NH+](CCc1nc(CC(=O)[O-])cs1)C(C)(C)C. The Morgan fingerprint density at radius 3 is 2.67 bits per heavy atom. The van der Waals surface area contributed by atoms with Gasteiger partial charge in [-0.1, -0.05) is 0 Å². The molecular weight excluding hydrogens is 248 g/mol. The van der Waals surface area contributed by atoms with Crippen LogP contribution in [0.15, 0.2) is 5.38 Å². The van der Waals surface area contributed by atoms with E-state index in [1.165, 1.54) is 16.2 Å². The number of aromatic nitrogens is 1. The summed E-state index contributed by atoms with van der Waals surface area (Å²) in [5, 5.41) is 13.3. The lowest BCUT2D eigenvalue weighted by atomic mass is 10.1. The van der Waals surface area contributed by atoms with Crippen molar-refractivity contribution in [3.63, 3.8) is 0 Å². The molecule has 18 heavy (non-hydrogen) atoms. The lowest BCUT2D eigenvalue weighted by Crippen LogP contribution is -3.18. The Kier molecular flexibility index (Phi) is 5.28. The van der Waals surface area contributed by atoms with Crippen molar-refractivity contribution in [2.75, 3.05) is 13.1 Å². The van der Waals surface area contributed by atoms with Gasteiger partial charge in [0.05, 0.1) is 29.3 Å². The number of nitrogens with zero attached hydrogens (tertiary/aromatic N) is 1. The van der Waals surface area contributed by atoms with Gasteiger partial charge in [0.2, 0.25) is 0 Å². The molecule has 1 atom stereocenters. The highest BCUT2D eigenvalue weighted by Crippen LogP contribution is 2.10. The Labute approximate surface area is 113 Å². The molecule has 4 nitrogen and oxygen atoms in total. The Balaban J connectivity index is 2.52. The highest BCUT2D eigenvalue weighted by Gasteiger charge is 2.23. The number of carboxylic acid groups (broad SMARTS) is 1. The van der Waals surface area contributed by atoms with Gasteiger partial charge in [0.1, 0.15) is 0 Å². The zero-order valence-corrected chi connectivity index (χ0v) is 12.4. The first-order valence-corrected chi connectivity index (χ1v) is 7.19. The monoisotopic (exact) mass is 270 g/mol. The van der Waals surface area contributed by atoms with E-state index in [-0.39, 0.29) is 12.0 Å². The number of carboxylic acids is 1. The number of thiazole rings is 1. The third-order valence-corrected chi connectivity index (χ3v) is 4.01. The maximum Gasteiger partial charge on any atom is 0.0984 e. The second kappa shape index (κ2) is 6.29. The van der Waals surface area contributed by atoms with E-state index in [0.717, 1.165) is 24.5 Å². The molecule has 1 heterocycles. The molecular formula is C13H22N2O2S. The smallest absolute Gasteiger partial charge is 0.0984 e. The van der Waals surface area contributed by atoms with Crippen molar-refractivity contribution in [3.8, 4) is 0 Å². The van der Waals surface area contributed by atoms with Gasteiger partial charge in [-0.25, -0.2) is 4.98 Å². The molecule has 0 spiro atoms. The summed E-state index contributed by atoms with van der Waals surface area (Å²) < 4.78 is 0. The van der Waals surface area contributed by atoms with Gasteiger partial charge in [-0.05, 0) is 27.7 Å². The van der Waals surface area contributed by atoms with Crippen molar-refractivity contribution < 1.29 is 14.8 Å². The minimum atomic E-state index is -1.07. The van der Waals surface area contributed by atoms with Crippen LogP contribution in [-0.2, 0) is 17.6 Å². The quantitative estimate of drug-likeness (QED) is 0.771. The first-order chi connectivity index (χ1) is 8.32. The van der Waals surface area contributed by atoms with Crippen molar-refractivity contribution in [2.45, 2.75) is 46.1 Å². The fourth-order valence-electron chi connectivity index (χ4n) is 2.03. The molecule has 0 saturated heterocycles. The molecule has 0 radical (unpaired) electrons. The van der Waals surface area contributed by atoms with Gasteiger partial charge in [0, 0.05) is 24.2 Å². The summed E-state index contributed by atoms with van der Waals surface area (Å²) >= 11 is 1.54. The number of likely N-dealkylation sites (N-methyl/N-ethyl adjacent to an activating group) is 1. The second-order valence-corrected chi connectivity index (χ2v) is 6.43. The molecule has 5 heteroatoms. The van der Waals surface area contributed by atoms with Crippen LogP contribution in [0, 0.1) is 0 Å². The van der Waals surface area contributed by atoms with E-state index in [4.69, 9.17) is 0 Å². The van der Waals surface area contributed by atoms with Crippen LogP contribution in [0.1, 0.15) is 38.4 Å². The van der Waals surface area contributed by atoms with Crippen molar-refractivity contribution >= 4 is 17.3 Å². The maximum absolute atomic E-state index is 10.5. The van der Waals surface area contributed by atoms with Crippen molar-refractivity contribution in [1.29, 1.82) is 0 Å². The lowest BCUT2D eigenvalue weighted by Gasteiger charge is -2.31. The zero-order chi connectivity index (χ0) is 13.8. The average molecular weight is 270 g/mol. The Morgan fingerprint density at radius 1 is 1.50 bits per heavy atom. The van der Waals surface area contributed by atoms with Crippen molar-refractivity contribution in [3.05, 3.63) is 16.1 Å². The first kappa shape index (κ1) is 15.1. The number of rotatable bonds is 6. The van der Waals surface area contributed by atoms with Gasteiger partial charge in [0.25, 0.3) is 0 Å². The van der Waals surface area contributed by atoms with Crippen LogP contribution in [0.4, 0.5) is 0 Å². The first-order valence-electron chi connectivity index (χ1n) is 6.31. The fourth-order valence-corrected chi connectivity index (χ4v) is 2.83. The zero-order valence-electron chi connectivity index (χ0n) is 11.6. The number of aliphatic carboxylic acids is 1. The molecule has 1 N–H and O–H groups in total. The van der Waals surface area contributed by atoms with Gasteiger partial charge in [-0.2, -0.15) is 0 Å². The van der Waals surface area contributed by atoms with E-state index in [9.17, 15) is 9.90 Å². The molecule has 1 rings (SSSR count). The Morgan fingerprint density at radius 2 is 2.17 bits per heavy atom. The fraction of sp³-hybridized carbons (Fsp3) is 0.692. The number of quaternary nitrogens is 1. The Bertz CT molecular complexity index is 396. The molecule has 102 valence electrons. The molecule has 0 bridgehead atoms. The van der Waals surface area contributed by atoms with E-state index >= 15 is 0 Å². The largest absolute Gasteiger partial charge is 0.550 e. The maximum atomic E-state index is 10.5. The van der Waals surface area contributed by atoms with E-state index < -0.39 is 5.97 Å². The average Bonchev–Trinajstić information content (AvgIpc) is 2.63. The summed E-state index contributed by atoms with van der Waals surface area (Å²) in [7, 11) is 0. The van der Waals surface area contributed by atoms with Gasteiger partial charge in [0.15, 0.2) is 0 Å². The third-order valence-electron chi connectivity index (χ3n) is 3.05. The van der Waals surface area contributed by atoms with Gasteiger partial charge >= 0.3 is 0 Å². The van der Waals surface area contributed by atoms with Crippen LogP contribution in [0.5, 0.6) is 0 Å². The minimum Gasteiger partial charge on any atom is -0.550 e. The molecule has 1 aromatic heterocycles. The molecule has 0 aliphatic heterocycles. The van der Waals surface area contributed by atoms with Crippen LogP contribution in [0.3, 0.4) is 0 Å². The number of carbonyl (C=O) groups is 1. The van der Waals surface area contributed by atoms with Crippen LogP contribution >= 0.6 is 11.3 Å². The summed E-state index contributed by atoms with van der Waals surface area (Å²) in [6.07, 6.45) is 0.818. The van der Waals surface area contributed by atoms with Crippen molar-refractivity contribution in [2.24, 2.45) is 0 Å². The summed E-state index contributed by atoms with van der Waals surface area (Å²) in [5.41, 5.74) is 0.851. The summed E-state index contributed by atoms with van der Waals surface area (Å²) in [6.45, 7) is 11.0. The number of carbonyl (C=O) groups excluding carboxylic acids is 1. The van der Waals surface area contributed by atoms with E-state index in [2.05, 4.69) is 32.7 Å². The van der Waals surface area contributed by atoms with Gasteiger partial charge in [-0.15, -0.1) is 11.3 Å². The molecule has 0 fully saturated rings. The van der Waals surface area contributed by atoms with Crippen LogP contribution in [0.2, 0.25) is 0 Å². The normalized spacial score (nSPS) is 13.6. The van der Waals surface area contributed by atoms with E-state index in [1.54, 1.807) is 0 Å². The predicted molar refractivity (Wildman–Crippen MR) is 70.7 cm³/mol. The molecule has 1 unspecified atom stereocenters. The Hall–Kier alpha value is -0.940. The molecule has 0 aromatic carbocycles. The van der Waals surface area contributed by atoms with Gasteiger partial charge in [-0.3, -0.25) is 0 Å². The highest BCUT2D eigenvalue weighted by molar-refractivity contribution is 7.09. The second-order valence-electron chi connectivity index (χ2n) is 5.49. The standard InChI is InChI=1S/C13H22N2O2S/c1-5-15(13(2,3)4)7-6-11-14-10(9-18-11)8-12(16)17/h9H,5-8H2,1-4H3,(H,16,17). The topological polar surface area (TPSA) is 57.5 Å².